The van der Waals surface area contributed by atoms with Crippen molar-refractivity contribution < 1.29 is 4.74 Å². The molecular weight excluding hydrogens is 490 g/mol. The number of aromatic nitrogens is 5. The van der Waals surface area contributed by atoms with Crippen LogP contribution in [0.3, 0.4) is 0 Å². The first-order chi connectivity index (χ1) is 16.6. The molecule has 4 heterocycles. The van der Waals surface area contributed by atoms with Gasteiger partial charge in [0, 0.05) is 41.9 Å². The van der Waals surface area contributed by atoms with Crippen molar-refractivity contribution in [3.8, 4) is 11.3 Å². The van der Waals surface area contributed by atoms with Gasteiger partial charge in [0.05, 0.1) is 34.0 Å². The molecule has 3 aromatic heterocycles. The maximum absolute atomic E-state index is 5.74. The molecule has 0 amide bonds. The van der Waals surface area contributed by atoms with Gasteiger partial charge in [0.2, 0.25) is 0 Å². The molecule has 1 saturated heterocycles. The predicted molar refractivity (Wildman–Crippen MR) is 138 cm³/mol. The Morgan fingerprint density at radius 2 is 1.82 bits per heavy atom. The molecule has 0 spiro atoms. The van der Waals surface area contributed by atoms with Gasteiger partial charge in [-0.15, -0.1) is 5.10 Å². The van der Waals surface area contributed by atoms with Crippen molar-refractivity contribution in [3.63, 3.8) is 0 Å². The predicted octanol–water partition coefficient (Wildman–Crippen LogP) is 6.07. The number of nitrogens with zero attached hydrogens (tertiary/aromatic N) is 5. The number of hydrogen-bond donors (Lipinski definition) is 0. The van der Waals surface area contributed by atoms with Crippen LogP contribution < -0.4 is 0 Å². The van der Waals surface area contributed by atoms with E-state index in [1.807, 2.05) is 24.9 Å². The standard InChI is InChI=1S/C27H26BrN5O/c1-17-26(32(2)31-30-17)20-14-24-25(29-16-20)22-15-21(28)8-9-23(22)33(24)27(18-6-4-3-5-7-18)19-10-12-34-13-11-19/h3-9,14-16,19,27H,10-13H2,1-2H3. The van der Waals surface area contributed by atoms with E-state index < -0.39 is 0 Å². The highest BCUT2D eigenvalue weighted by atomic mass is 79.9. The van der Waals surface area contributed by atoms with Gasteiger partial charge in [-0.2, -0.15) is 0 Å². The van der Waals surface area contributed by atoms with E-state index in [0.717, 1.165) is 63.9 Å². The maximum Gasteiger partial charge on any atom is 0.0960 e. The summed E-state index contributed by atoms with van der Waals surface area (Å²) in [5.74, 6) is 0.474. The smallest absolute Gasteiger partial charge is 0.0960 e. The Balaban J connectivity index is 1.67. The lowest BCUT2D eigenvalue weighted by molar-refractivity contribution is 0.0553. The normalized spacial score (nSPS) is 15.9. The van der Waals surface area contributed by atoms with Crippen molar-refractivity contribution in [3.05, 3.63) is 76.5 Å². The summed E-state index contributed by atoms with van der Waals surface area (Å²) in [6, 6.07) is 19.8. The molecule has 0 aliphatic carbocycles. The van der Waals surface area contributed by atoms with Gasteiger partial charge in [-0.3, -0.25) is 4.98 Å². The molecule has 7 heteroatoms. The fraction of sp³-hybridized carbons (Fsp3) is 0.296. The van der Waals surface area contributed by atoms with Crippen LogP contribution in [0.1, 0.15) is 30.1 Å². The van der Waals surface area contributed by atoms with Gasteiger partial charge in [-0.1, -0.05) is 51.5 Å². The van der Waals surface area contributed by atoms with Crippen molar-refractivity contribution in [1.82, 2.24) is 24.5 Å². The molecule has 6 rings (SSSR count). The second kappa shape index (κ2) is 8.64. The zero-order valence-corrected chi connectivity index (χ0v) is 20.9. The average Bonchev–Trinajstić information content (AvgIpc) is 3.36. The third-order valence-corrected chi connectivity index (χ3v) is 7.49. The van der Waals surface area contributed by atoms with Crippen LogP contribution in [0.5, 0.6) is 0 Å². The van der Waals surface area contributed by atoms with E-state index in [4.69, 9.17) is 9.72 Å². The molecule has 1 fully saturated rings. The molecule has 0 N–H and O–H groups in total. The molecule has 6 nitrogen and oxygen atoms in total. The summed E-state index contributed by atoms with van der Waals surface area (Å²) in [5.41, 5.74) is 7.59. The first-order valence-electron chi connectivity index (χ1n) is 11.7. The van der Waals surface area contributed by atoms with Gasteiger partial charge in [-0.25, -0.2) is 4.68 Å². The molecule has 0 saturated carbocycles. The zero-order valence-electron chi connectivity index (χ0n) is 19.3. The zero-order chi connectivity index (χ0) is 23.2. The number of fused-ring (bicyclic) bond motifs is 3. The molecule has 172 valence electrons. The number of ether oxygens (including phenoxy) is 1. The summed E-state index contributed by atoms with van der Waals surface area (Å²) in [6.07, 6.45) is 4.02. The fourth-order valence-electron chi connectivity index (χ4n) is 5.48. The second-order valence-corrected chi connectivity index (χ2v) is 9.99. The quantitative estimate of drug-likeness (QED) is 0.291. The third kappa shape index (κ3) is 3.54. The highest BCUT2D eigenvalue weighted by molar-refractivity contribution is 9.10. The van der Waals surface area contributed by atoms with Crippen LogP contribution >= 0.6 is 15.9 Å². The highest BCUT2D eigenvalue weighted by Gasteiger charge is 2.30. The van der Waals surface area contributed by atoms with Crippen molar-refractivity contribution in [2.75, 3.05) is 13.2 Å². The van der Waals surface area contributed by atoms with Crippen molar-refractivity contribution in [2.45, 2.75) is 25.8 Å². The van der Waals surface area contributed by atoms with Crippen molar-refractivity contribution in [2.24, 2.45) is 13.0 Å². The lowest BCUT2D eigenvalue weighted by Crippen LogP contribution is -2.26. The first kappa shape index (κ1) is 21.5. The van der Waals surface area contributed by atoms with Crippen LogP contribution in [-0.4, -0.2) is 37.8 Å². The van der Waals surface area contributed by atoms with Gasteiger partial charge in [-0.05, 0) is 55.5 Å². The topological polar surface area (TPSA) is 57.8 Å². The van der Waals surface area contributed by atoms with E-state index >= 15 is 0 Å². The summed E-state index contributed by atoms with van der Waals surface area (Å²) < 4.78 is 11.1. The van der Waals surface area contributed by atoms with Crippen LogP contribution in [0.4, 0.5) is 0 Å². The molecule has 0 bridgehead atoms. The monoisotopic (exact) mass is 515 g/mol. The second-order valence-electron chi connectivity index (χ2n) is 9.08. The number of benzene rings is 2. The lowest BCUT2D eigenvalue weighted by atomic mass is 9.86. The molecule has 2 aromatic carbocycles. The van der Waals surface area contributed by atoms with Crippen molar-refractivity contribution >= 4 is 37.9 Å². The van der Waals surface area contributed by atoms with E-state index in [9.17, 15) is 0 Å². The van der Waals surface area contributed by atoms with Crippen LogP contribution in [0.2, 0.25) is 0 Å². The number of hydrogen-bond acceptors (Lipinski definition) is 4. The van der Waals surface area contributed by atoms with Gasteiger partial charge in [0.15, 0.2) is 0 Å². The molecule has 1 atom stereocenters. The maximum atomic E-state index is 5.74. The largest absolute Gasteiger partial charge is 0.381 e. The Labute approximate surface area is 206 Å². The summed E-state index contributed by atoms with van der Waals surface area (Å²) in [6.45, 7) is 3.61. The SMILES string of the molecule is Cc1nnn(C)c1-c1cnc2c3cc(Br)ccc3n(C(c3ccccc3)C3CCOCC3)c2c1. The summed E-state index contributed by atoms with van der Waals surface area (Å²) in [4.78, 5) is 5.00. The van der Waals surface area contributed by atoms with Crippen molar-refractivity contribution in [1.29, 1.82) is 0 Å². The number of rotatable bonds is 4. The summed E-state index contributed by atoms with van der Waals surface area (Å²) in [5, 5.41) is 9.64. The molecule has 0 radical (unpaired) electrons. The number of pyridine rings is 1. The van der Waals surface area contributed by atoms with E-state index in [1.54, 1.807) is 0 Å². The first-order valence-corrected chi connectivity index (χ1v) is 12.5. The molecule has 1 unspecified atom stereocenters. The van der Waals surface area contributed by atoms with Crippen LogP contribution in [-0.2, 0) is 11.8 Å². The Morgan fingerprint density at radius 1 is 1.03 bits per heavy atom. The lowest BCUT2D eigenvalue weighted by Gasteiger charge is -2.33. The minimum absolute atomic E-state index is 0.189. The average molecular weight is 516 g/mol. The minimum Gasteiger partial charge on any atom is -0.381 e. The van der Waals surface area contributed by atoms with Crippen LogP contribution in [0.25, 0.3) is 33.2 Å². The number of halogens is 1. The highest BCUT2D eigenvalue weighted by Crippen LogP contribution is 2.41. The Bertz CT molecular complexity index is 1460. The summed E-state index contributed by atoms with van der Waals surface area (Å²) >= 11 is 3.68. The Kier molecular flexibility index (Phi) is 5.46. The minimum atomic E-state index is 0.189. The Morgan fingerprint density at radius 3 is 2.56 bits per heavy atom. The molecule has 5 aromatic rings. The van der Waals surface area contributed by atoms with Crippen LogP contribution in [0, 0.1) is 12.8 Å². The third-order valence-electron chi connectivity index (χ3n) is 7.00. The number of aryl methyl sites for hydroxylation is 2. The van der Waals surface area contributed by atoms with Gasteiger partial charge in [0.25, 0.3) is 0 Å². The van der Waals surface area contributed by atoms with E-state index in [0.29, 0.717) is 5.92 Å². The van der Waals surface area contributed by atoms with Gasteiger partial charge in [0.1, 0.15) is 0 Å². The summed E-state index contributed by atoms with van der Waals surface area (Å²) in [7, 11) is 1.93. The molecule has 1 aliphatic rings. The molecule has 34 heavy (non-hydrogen) atoms. The van der Waals surface area contributed by atoms with E-state index in [-0.39, 0.29) is 6.04 Å². The fourth-order valence-corrected chi connectivity index (χ4v) is 5.84. The van der Waals surface area contributed by atoms with Crippen LogP contribution in [0.15, 0.2) is 65.3 Å². The van der Waals surface area contributed by atoms with E-state index in [2.05, 4.69) is 85.4 Å². The Hall–Kier alpha value is -3.03. The molecule has 1 aliphatic heterocycles. The van der Waals surface area contributed by atoms with Gasteiger partial charge < -0.3 is 9.30 Å². The van der Waals surface area contributed by atoms with Gasteiger partial charge >= 0.3 is 0 Å². The molecular formula is C27H26BrN5O. The van der Waals surface area contributed by atoms with E-state index in [1.165, 1.54) is 11.1 Å².